The molecule has 0 spiro atoms. The molecule has 1 aromatic rings. The summed E-state index contributed by atoms with van der Waals surface area (Å²) in [6.45, 7) is 8.34. The van der Waals surface area contributed by atoms with E-state index in [2.05, 4.69) is 45.0 Å². The van der Waals surface area contributed by atoms with Gasteiger partial charge >= 0.3 is 155 Å². The summed E-state index contributed by atoms with van der Waals surface area (Å²) in [5, 5.41) is 0. The Morgan fingerprint density at radius 2 is 1.33 bits per heavy atom. The molecular formula is C21H39NOSn. The molecule has 0 fully saturated rings. The van der Waals surface area contributed by atoms with Crippen molar-refractivity contribution >= 4 is 18.4 Å². The fourth-order valence-electron chi connectivity index (χ4n) is 3.52. The molecule has 138 valence electrons. The first-order chi connectivity index (χ1) is 11.7. The summed E-state index contributed by atoms with van der Waals surface area (Å²) in [5.74, 6) is 0. The minimum atomic E-state index is -2.15. The fraction of sp³-hybridized carbons (Fsp3) is 0.714. The minimum absolute atomic E-state index is 0.607. The van der Waals surface area contributed by atoms with E-state index >= 15 is 0 Å². The molecule has 0 saturated carbocycles. The van der Waals surface area contributed by atoms with Crippen molar-refractivity contribution in [1.29, 1.82) is 0 Å². The van der Waals surface area contributed by atoms with E-state index in [1.807, 2.05) is 0 Å². The molecule has 1 aromatic carbocycles. The van der Waals surface area contributed by atoms with E-state index in [0.717, 1.165) is 11.2 Å². The van der Waals surface area contributed by atoms with Gasteiger partial charge in [-0.05, 0) is 0 Å². The topological polar surface area (TPSA) is 35.2 Å². The molecule has 0 aromatic heterocycles. The monoisotopic (exact) mass is 441 g/mol. The Morgan fingerprint density at radius 1 is 0.833 bits per heavy atom. The van der Waals surface area contributed by atoms with E-state index in [1.165, 1.54) is 63.0 Å². The summed E-state index contributed by atoms with van der Waals surface area (Å²) >= 11 is -2.15. The molecule has 3 heteroatoms. The second-order valence-corrected chi connectivity index (χ2v) is 20.9. The van der Waals surface area contributed by atoms with E-state index < -0.39 is 18.4 Å². The zero-order valence-electron chi connectivity index (χ0n) is 16.3. The first-order valence-corrected chi connectivity index (χ1v) is 18.1. The van der Waals surface area contributed by atoms with Gasteiger partial charge in [-0.15, -0.1) is 0 Å². The van der Waals surface area contributed by atoms with E-state index in [4.69, 9.17) is 10.5 Å². The normalized spacial score (nSPS) is 11.8. The van der Waals surface area contributed by atoms with Crippen molar-refractivity contribution in [3.05, 3.63) is 35.4 Å². The zero-order valence-corrected chi connectivity index (χ0v) is 19.1. The summed E-state index contributed by atoms with van der Waals surface area (Å²) in [6, 6.07) is 8.46. The van der Waals surface area contributed by atoms with Crippen molar-refractivity contribution in [2.24, 2.45) is 5.73 Å². The molecule has 1 rings (SSSR count). The van der Waals surface area contributed by atoms with Crippen LogP contribution in [0.2, 0.25) is 13.3 Å². The van der Waals surface area contributed by atoms with E-state index in [9.17, 15) is 0 Å². The molecule has 0 aliphatic heterocycles. The van der Waals surface area contributed by atoms with Gasteiger partial charge < -0.3 is 0 Å². The first kappa shape index (κ1) is 22.0. The van der Waals surface area contributed by atoms with Gasteiger partial charge in [0.05, 0.1) is 0 Å². The van der Waals surface area contributed by atoms with Crippen LogP contribution in [0.3, 0.4) is 0 Å². The average molecular weight is 440 g/mol. The Hall–Kier alpha value is -0.0613. The van der Waals surface area contributed by atoms with Crippen molar-refractivity contribution < 1.29 is 4.74 Å². The third-order valence-corrected chi connectivity index (χ3v) is 19.6. The maximum absolute atomic E-state index is 6.36. The van der Waals surface area contributed by atoms with Crippen LogP contribution in [0, 0.1) is 0 Å². The summed E-state index contributed by atoms with van der Waals surface area (Å²) in [6.07, 6.45) is 8.21. The molecular weight excluding hydrogens is 401 g/mol. The quantitative estimate of drug-likeness (QED) is 0.358. The predicted octanol–water partition coefficient (Wildman–Crippen LogP) is 6.05. The van der Waals surface area contributed by atoms with Crippen LogP contribution < -0.4 is 5.73 Å². The molecule has 0 saturated heterocycles. The molecule has 0 heterocycles. The van der Waals surface area contributed by atoms with Gasteiger partial charge in [-0.3, -0.25) is 0 Å². The molecule has 0 atom stereocenters. The summed E-state index contributed by atoms with van der Waals surface area (Å²) in [4.78, 5) is 0. The van der Waals surface area contributed by atoms with Crippen LogP contribution >= 0.6 is 0 Å². The average Bonchev–Trinajstić information content (AvgIpc) is 2.63. The van der Waals surface area contributed by atoms with Gasteiger partial charge in [0.25, 0.3) is 0 Å². The second-order valence-electron chi connectivity index (χ2n) is 7.28. The Labute approximate surface area is 154 Å². The van der Waals surface area contributed by atoms with Gasteiger partial charge in [0.1, 0.15) is 0 Å². The number of benzene rings is 1. The van der Waals surface area contributed by atoms with Crippen LogP contribution in [0.25, 0.3) is 0 Å². The number of unbranched alkanes of at least 4 members (excludes halogenated alkanes) is 3. The third kappa shape index (κ3) is 7.88. The summed E-state index contributed by atoms with van der Waals surface area (Å²) in [7, 11) is 0. The molecule has 0 aliphatic carbocycles. The van der Waals surface area contributed by atoms with Gasteiger partial charge in [-0.1, -0.05) is 0 Å². The Morgan fingerprint density at radius 3 is 1.79 bits per heavy atom. The molecule has 0 unspecified atom stereocenters. The number of hydrogen-bond acceptors (Lipinski definition) is 2. The van der Waals surface area contributed by atoms with Gasteiger partial charge in [-0.25, -0.2) is 0 Å². The van der Waals surface area contributed by atoms with Crippen LogP contribution in [-0.4, -0.2) is 23.0 Å². The van der Waals surface area contributed by atoms with Crippen LogP contribution in [-0.2, 0) is 17.9 Å². The van der Waals surface area contributed by atoms with E-state index in [1.54, 1.807) is 0 Å². The summed E-state index contributed by atoms with van der Waals surface area (Å²) in [5.41, 5.74) is 8.37. The predicted molar refractivity (Wildman–Crippen MR) is 109 cm³/mol. The van der Waals surface area contributed by atoms with E-state index in [0.29, 0.717) is 6.54 Å². The van der Waals surface area contributed by atoms with Gasteiger partial charge in [0, 0.05) is 0 Å². The van der Waals surface area contributed by atoms with Gasteiger partial charge in [-0.2, -0.15) is 0 Å². The zero-order chi connectivity index (χ0) is 17.7. The number of ether oxygens (including phenoxy) is 1. The van der Waals surface area contributed by atoms with Gasteiger partial charge in [0.15, 0.2) is 0 Å². The molecule has 0 radical (unpaired) electrons. The first-order valence-electron chi connectivity index (χ1n) is 10.1. The second kappa shape index (κ2) is 13.2. The van der Waals surface area contributed by atoms with Crippen molar-refractivity contribution in [3.63, 3.8) is 0 Å². The molecule has 0 amide bonds. The molecule has 0 aliphatic rings. The van der Waals surface area contributed by atoms with Crippen LogP contribution in [0.5, 0.6) is 0 Å². The standard InChI is InChI=1S/C9H12NO.3C4H9.Sn/c1-11-7-9-5-3-2-4-8(9)6-10;3*1-3-4-2;/h2-5H,1,6-7,10H2;3*1,3-4H2,2H3;. The Balaban J connectivity index is 2.70. The van der Waals surface area contributed by atoms with Crippen LogP contribution in [0.4, 0.5) is 0 Å². The van der Waals surface area contributed by atoms with Crippen molar-refractivity contribution in [1.82, 2.24) is 0 Å². The SMILES string of the molecule is CCC[CH2][Sn]([CH2]CCC)([CH2]CCC)[CH2]OCc1ccccc1CN. The maximum atomic E-state index is 6.36. The number of nitrogens with two attached hydrogens (primary N) is 1. The summed E-state index contributed by atoms with van der Waals surface area (Å²) < 4.78 is 12.0. The third-order valence-electron chi connectivity index (χ3n) is 5.19. The van der Waals surface area contributed by atoms with Crippen LogP contribution in [0.15, 0.2) is 24.3 Å². The fourth-order valence-corrected chi connectivity index (χ4v) is 17.9. The van der Waals surface area contributed by atoms with Crippen molar-refractivity contribution in [2.75, 3.05) is 4.62 Å². The van der Waals surface area contributed by atoms with Gasteiger partial charge in [0.2, 0.25) is 0 Å². The molecule has 2 N–H and O–H groups in total. The van der Waals surface area contributed by atoms with Crippen molar-refractivity contribution in [3.8, 4) is 0 Å². The van der Waals surface area contributed by atoms with E-state index in [-0.39, 0.29) is 0 Å². The molecule has 24 heavy (non-hydrogen) atoms. The Bertz CT molecular complexity index is 414. The molecule has 2 nitrogen and oxygen atoms in total. The number of hydrogen-bond donors (Lipinski definition) is 1. The van der Waals surface area contributed by atoms with Crippen molar-refractivity contribution in [2.45, 2.75) is 85.8 Å². The number of rotatable bonds is 14. The Kier molecular flexibility index (Phi) is 12.1. The van der Waals surface area contributed by atoms with Crippen LogP contribution in [0.1, 0.15) is 70.4 Å². The molecule has 0 bridgehead atoms.